The Bertz CT molecular complexity index is 1840. The molecule has 256 valence electrons. The summed E-state index contributed by atoms with van der Waals surface area (Å²) in [6.45, 7) is 8.92. The molecule has 6 rings (SSSR count). The highest BCUT2D eigenvalue weighted by Gasteiger charge is 2.18. The lowest BCUT2D eigenvalue weighted by atomic mass is 9.91. The Kier molecular flexibility index (Phi) is 12.1. The zero-order valence-electron chi connectivity index (χ0n) is 29.2. The van der Waals surface area contributed by atoms with E-state index in [-0.39, 0.29) is 11.6 Å². The number of hydrogen-bond donors (Lipinski definition) is 0. The highest BCUT2D eigenvalue weighted by atomic mass is 32.1. The molecule has 2 atom stereocenters. The van der Waals surface area contributed by atoms with E-state index in [1.807, 2.05) is 24.3 Å². The average molecular weight is 712 g/mol. The van der Waals surface area contributed by atoms with Crippen molar-refractivity contribution in [3.05, 3.63) is 101 Å². The Morgan fingerprint density at radius 2 is 1.02 bits per heavy atom. The maximum atomic E-state index is 15.4. The maximum absolute atomic E-state index is 15.4. The third kappa shape index (κ3) is 8.24. The van der Waals surface area contributed by atoms with Gasteiger partial charge in [-0.05, 0) is 83.7 Å². The second-order valence-corrected chi connectivity index (χ2v) is 16.2. The molecule has 0 spiro atoms. The monoisotopic (exact) mass is 711 g/mol. The number of halogens is 2. The Labute approximate surface area is 303 Å². The molecule has 0 bridgehead atoms. The lowest BCUT2D eigenvalue weighted by Gasteiger charge is -2.15. The average Bonchev–Trinajstić information content (AvgIpc) is 3.90. The molecule has 0 amide bonds. The molecule has 0 aliphatic carbocycles. The summed E-state index contributed by atoms with van der Waals surface area (Å²) >= 11 is 4.67. The second-order valence-electron chi connectivity index (χ2n) is 13.4. The van der Waals surface area contributed by atoms with Crippen LogP contribution in [0.2, 0.25) is 0 Å². The minimum Gasteiger partial charge on any atom is -0.206 e. The fourth-order valence-corrected chi connectivity index (χ4v) is 9.78. The minimum atomic E-state index is -0.151. The van der Waals surface area contributed by atoms with Gasteiger partial charge in [0.2, 0.25) is 0 Å². The van der Waals surface area contributed by atoms with E-state index in [1.54, 1.807) is 34.8 Å². The van der Waals surface area contributed by atoms with Gasteiger partial charge in [0.1, 0.15) is 11.6 Å². The van der Waals surface area contributed by atoms with Crippen LogP contribution < -0.4 is 0 Å². The van der Waals surface area contributed by atoms with Crippen molar-refractivity contribution in [3.8, 4) is 41.8 Å². The molecule has 6 heteroatoms. The summed E-state index contributed by atoms with van der Waals surface area (Å²) < 4.78 is 35.7. The van der Waals surface area contributed by atoms with Gasteiger partial charge >= 0.3 is 0 Å². The molecule has 0 saturated heterocycles. The molecule has 49 heavy (non-hydrogen) atoms. The summed E-state index contributed by atoms with van der Waals surface area (Å²) in [4.78, 5) is 4.02. The van der Waals surface area contributed by atoms with E-state index in [0.29, 0.717) is 23.0 Å². The van der Waals surface area contributed by atoms with Crippen LogP contribution in [0.4, 0.5) is 8.78 Å². The van der Waals surface area contributed by atoms with Gasteiger partial charge in [-0.3, -0.25) is 0 Å². The molecule has 0 aliphatic heterocycles. The van der Waals surface area contributed by atoms with Crippen molar-refractivity contribution >= 4 is 45.1 Å². The van der Waals surface area contributed by atoms with Crippen LogP contribution in [0.25, 0.3) is 52.7 Å². The summed E-state index contributed by atoms with van der Waals surface area (Å²) in [6, 6.07) is 24.1. The van der Waals surface area contributed by atoms with Gasteiger partial charge in [0, 0.05) is 52.5 Å². The van der Waals surface area contributed by atoms with Crippen molar-refractivity contribution in [2.45, 2.75) is 91.9 Å². The maximum Gasteiger partial charge on any atom is 0.132 e. The molecular formula is C43H47F2NS3. The summed E-state index contributed by atoms with van der Waals surface area (Å²) in [5, 5.41) is 3.19. The summed E-state index contributed by atoms with van der Waals surface area (Å²) in [6.07, 6.45) is 11.4. The second kappa shape index (κ2) is 16.7. The van der Waals surface area contributed by atoms with Gasteiger partial charge < -0.3 is 0 Å². The smallest absolute Gasteiger partial charge is 0.132 e. The summed E-state index contributed by atoms with van der Waals surface area (Å²) in [5.74, 6) is 0.914. The highest BCUT2D eigenvalue weighted by molar-refractivity contribution is 7.19. The number of rotatable bonds is 16. The standard InChI is InChI=1S/C43H47F2NS3/c1-5-9-11-28(7-3)23-30-13-15-33(37(44)25-30)40-20-19-39(48-40)32-17-18-35(43-36(32)27-47-46-43)42-22-21-41(49-42)34-16-14-31(26-38(34)45)24-29(8-4)12-10-6-2/h13-22,25-29H,5-12,23-24H2,1-4H3. The van der Waals surface area contributed by atoms with Crippen LogP contribution in [0.3, 0.4) is 0 Å². The zero-order chi connectivity index (χ0) is 34.3. The van der Waals surface area contributed by atoms with E-state index in [9.17, 15) is 0 Å². The summed E-state index contributed by atoms with van der Waals surface area (Å²) in [5.41, 5.74) is 6.58. The number of nitrogens with zero attached hydrogens (tertiary/aromatic N) is 1. The van der Waals surface area contributed by atoms with E-state index >= 15 is 8.78 Å². The normalized spacial score (nSPS) is 12.9. The fourth-order valence-electron chi connectivity index (χ4n) is 6.95. The van der Waals surface area contributed by atoms with Crippen LogP contribution in [-0.2, 0) is 12.8 Å². The first-order valence-electron chi connectivity index (χ1n) is 18.1. The molecular weight excluding hydrogens is 665 g/mol. The lowest BCUT2D eigenvalue weighted by Crippen LogP contribution is -2.03. The zero-order valence-corrected chi connectivity index (χ0v) is 31.6. The predicted molar refractivity (Wildman–Crippen MR) is 211 cm³/mol. The molecule has 0 aliphatic rings. The van der Waals surface area contributed by atoms with Gasteiger partial charge in [-0.1, -0.05) is 115 Å². The van der Waals surface area contributed by atoms with Gasteiger partial charge in [-0.15, -0.1) is 22.7 Å². The number of benzene rings is 3. The third-order valence-electron chi connectivity index (χ3n) is 10.0. The van der Waals surface area contributed by atoms with Crippen molar-refractivity contribution in [2.75, 3.05) is 0 Å². The number of fused-ring (bicyclic) bond motifs is 1. The quantitative estimate of drug-likeness (QED) is 0.0974. The topological polar surface area (TPSA) is 12.9 Å². The highest BCUT2D eigenvalue weighted by Crippen LogP contribution is 2.44. The first kappa shape index (κ1) is 35.6. The molecule has 1 nitrogen and oxygen atoms in total. The SMILES string of the molecule is CCCCC(CC)Cc1ccc(-c2ccc(-c3ccc(-c4ccc(-c5ccc(CC(CC)CCCC)cc5F)s4)c4nscc34)s2)c(F)c1. The first-order valence-corrected chi connectivity index (χ1v) is 20.5. The fraction of sp³-hybridized carbons (Fsp3) is 0.372. The molecule has 3 heterocycles. The number of unbranched alkanes of at least 4 members (excludes halogenated alkanes) is 2. The van der Waals surface area contributed by atoms with Crippen LogP contribution in [0.5, 0.6) is 0 Å². The Balaban J connectivity index is 1.21. The largest absolute Gasteiger partial charge is 0.206 e. The number of aromatic nitrogens is 1. The van der Waals surface area contributed by atoms with Crippen molar-refractivity contribution in [3.63, 3.8) is 0 Å². The van der Waals surface area contributed by atoms with Crippen LogP contribution in [0, 0.1) is 23.5 Å². The molecule has 0 saturated carbocycles. The van der Waals surface area contributed by atoms with Crippen LogP contribution >= 0.6 is 34.2 Å². The van der Waals surface area contributed by atoms with E-state index in [2.05, 4.69) is 69.5 Å². The van der Waals surface area contributed by atoms with Crippen LogP contribution in [-0.4, -0.2) is 4.37 Å². The van der Waals surface area contributed by atoms with Crippen molar-refractivity contribution in [1.29, 1.82) is 0 Å². The van der Waals surface area contributed by atoms with Gasteiger partial charge in [-0.25, -0.2) is 8.78 Å². The molecule has 0 fully saturated rings. The van der Waals surface area contributed by atoms with Gasteiger partial charge in [0.25, 0.3) is 0 Å². The van der Waals surface area contributed by atoms with E-state index in [0.717, 1.165) is 78.3 Å². The molecule has 0 N–H and O–H groups in total. The van der Waals surface area contributed by atoms with Crippen LogP contribution in [0.1, 0.15) is 90.2 Å². The molecule has 6 aromatic rings. The molecule has 2 unspecified atom stereocenters. The third-order valence-corrected chi connectivity index (χ3v) is 12.9. The Morgan fingerprint density at radius 1 is 0.571 bits per heavy atom. The van der Waals surface area contributed by atoms with Crippen molar-refractivity contribution < 1.29 is 8.78 Å². The van der Waals surface area contributed by atoms with Gasteiger partial charge in [0.15, 0.2) is 0 Å². The van der Waals surface area contributed by atoms with E-state index in [4.69, 9.17) is 4.37 Å². The van der Waals surface area contributed by atoms with Crippen LogP contribution in [0.15, 0.2) is 78.2 Å². The number of hydrogen-bond acceptors (Lipinski definition) is 4. The first-order chi connectivity index (χ1) is 23.9. The van der Waals surface area contributed by atoms with Gasteiger partial charge in [-0.2, -0.15) is 4.37 Å². The minimum absolute atomic E-state index is 0.148. The summed E-state index contributed by atoms with van der Waals surface area (Å²) in [7, 11) is 0. The predicted octanol–water partition coefficient (Wildman–Crippen LogP) is 14.9. The van der Waals surface area contributed by atoms with E-state index in [1.165, 1.54) is 50.1 Å². The number of thiophene rings is 2. The lowest BCUT2D eigenvalue weighted by molar-refractivity contribution is 0.448. The van der Waals surface area contributed by atoms with Crippen molar-refractivity contribution in [1.82, 2.24) is 4.37 Å². The molecule has 0 radical (unpaired) electrons. The molecule has 3 aromatic carbocycles. The molecule has 3 aromatic heterocycles. The van der Waals surface area contributed by atoms with Crippen molar-refractivity contribution in [2.24, 2.45) is 11.8 Å². The Hall–Kier alpha value is -3.19. The van der Waals surface area contributed by atoms with Gasteiger partial charge in [0.05, 0.1) is 5.52 Å². The van der Waals surface area contributed by atoms with E-state index < -0.39 is 0 Å². The Morgan fingerprint density at radius 3 is 1.49 bits per heavy atom.